The first kappa shape index (κ1) is 17.2. The lowest BCUT2D eigenvalue weighted by Gasteiger charge is -2.12. The number of non-ortho nitro benzene ring substituents is 1. The van der Waals surface area contributed by atoms with Crippen LogP contribution in [0.4, 0.5) is 10.5 Å². The van der Waals surface area contributed by atoms with Crippen LogP contribution in [0.25, 0.3) is 6.08 Å². The summed E-state index contributed by atoms with van der Waals surface area (Å²) < 4.78 is 0. The highest BCUT2D eigenvalue weighted by Gasteiger charge is 2.35. The van der Waals surface area contributed by atoms with E-state index in [0.29, 0.717) is 16.1 Å². The Morgan fingerprint density at radius 3 is 2.64 bits per heavy atom. The summed E-state index contributed by atoms with van der Waals surface area (Å²) in [5.41, 5.74) is 1.07. The van der Waals surface area contributed by atoms with Crippen molar-refractivity contribution >= 4 is 46.3 Å². The number of rotatable bonds is 4. The molecule has 0 aliphatic carbocycles. The molecule has 0 N–H and O–H groups in total. The van der Waals surface area contributed by atoms with Crippen molar-refractivity contribution in [1.29, 1.82) is 0 Å². The molecular formula is C17H11ClN2O4S. The number of carbonyl (C=O) groups is 2. The first-order chi connectivity index (χ1) is 12.0. The third kappa shape index (κ3) is 3.72. The van der Waals surface area contributed by atoms with E-state index in [1.165, 1.54) is 18.2 Å². The maximum atomic E-state index is 12.5. The summed E-state index contributed by atoms with van der Waals surface area (Å²) in [5.74, 6) is -0.443. The van der Waals surface area contributed by atoms with Gasteiger partial charge < -0.3 is 0 Å². The highest BCUT2D eigenvalue weighted by Crippen LogP contribution is 2.34. The van der Waals surface area contributed by atoms with Crippen LogP contribution in [0, 0.1) is 10.1 Å². The van der Waals surface area contributed by atoms with E-state index in [2.05, 4.69) is 0 Å². The van der Waals surface area contributed by atoms with Crippen molar-refractivity contribution in [3.63, 3.8) is 0 Å². The van der Waals surface area contributed by atoms with E-state index in [0.717, 1.165) is 16.7 Å². The molecule has 0 radical (unpaired) electrons. The lowest BCUT2D eigenvalue weighted by atomic mass is 10.2. The lowest BCUT2D eigenvalue weighted by molar-refractivity contribution is -0.384. The Hall–Kier alpha value is -2.64. The molecule has 2 aromatic rings. The van der Waals surface area contributed by atoms with Crippen LogP contribution >= 0.6 is 23.4 Å². The van der Waals surface area contributed by atoms with Gasteiger partial charge in [0.1, 0.15) is 0 Å². The van der Waals surface area contributed by atoms with Gasteiger partial charge in [0.2, 0.25) is 0 Å². The Bertz CT molecular complexity index is 913. The van der Waals surface area contributed by atoms with Gasteiger partial charge in [-0.1, -0.05) is 41.9 Å². The third-order valence-electron chi connectivity index (χ3n) is 3.53. The van der Waals surface area contributed by atoms with Crippen molar-refractivity contribution in [3.8, 4) is 0 Å². The summed E-state index contributed by atoms with van der Waals surface area (Å²) in [4.78, 5) is 36.3. The van der Waals surface area contributed by atoms with Crippen LogP contribution in [-0.2, 0) is 11.3 Å². The summed E-state index contributed by atoms with van der Waals surface area (Å²) in [6.45, 7) is -0.0216. The number of thioether (sulfide) groups is 1. The molecule has 0 spiro atoms. The van der Waals surface area contributed by atoms with E-state index in [9.17, 15) is 19.7 Å². The Labute approximate surface area is 152 Å². The normalized spacial score (nSPS) is 15.9. The maximum Gasteiger partial charge on any atom is 0.293 e. The van der Waals surface area contributed by atoms with Gasteiger partial charge in [-0.3, -0.25) is 24.6 Å². The summed E-state index contributed by atoms with van der Waals surface area (Å²) >= 11 is 6.89. The first-order valence-electron chi connectivity index (χ1n) is 7.19. The van der Waals surface area contributed by atoms with Gasteiger partial charge in [0.05, 0.1) is 16.4 Å². The van der Waals surface area contributed by atoms with Crippen molar-refractivity contribution in [2.75, 3.05) is 0 Å². The van der Waals surface area contributed by atoms with Crippen LogP contribution in [0.3, 0.4) is 0 Å². The number of halogens is 1. The molecule has 1 aliphatic rings. The molecule has 6 nitrogen and oxygen atoms in total. The zero-order chi connectivity index (χ0) is 18.0. The van der Waals surface area contributed by atoms with E-state index in [4.69, 9.17) is 11.6 Å². The number of benzene rings is 2. The summed E-state index contributed by atoms with van der Waals surface area (Å²) in [6, 6.07) is 12.9. The minimum atomic E-state index is -0.519. The van der Waals surface area contributed by atoms with Crippen LogP contribution in [0.15, 0.2) is 53.4 Å². The SMILES string of the molecule is O=C1S/C(=C/c2ccccc2Cl)C(=O)N1Cc1cccc([N+](=O)[O-])c1. The summed E-state index contributed by atoms with van der Waals surface area (Å²) in [5, 5.41) is 10.9. The maximum absolute atomic E-state index is 12.5. The third-order valence-corrected chi connectivity index (χ3v) is 4.78. The molecule has 0 saturated carbocycles. The van der Waals surface area contributed by atoms with Crippen LogP contribution < -0.4 is 0 Å². The lowest BCUT2D eigenvalue weighted by Crippen LogP contribution is -2.27. The van der Waals surface area contributed by atoms with Gasteiger partial charge in [0.25, 0.3) is 16.8 Å². The number of carbonyl (C=O) groups excluding carboxylic acids is 2. The molecule has 1 saturated heterocycles. The second-order valence-corrected chi connectivity index (χ2v) is 6.62. The predicted octanol–water partition coefficient (Wildman–Crippen LogP) is 4.48. The van der Waals surface area contributed by atoms with E-state index in [-0.39, 0.29) is 17.1 Å². The predicted molar refractivity (Wildman–Crippen MR) is 96.1 cm³/mol. The second-order valence-electron chi connectivity index (χ2n) is 5.22. The highest BCUT2D eigenvalue weighted by atomic mass is 35.5. The van der Waals surface area contributed by atoms with Crippen LogP contribution in [0.1, 0.15) is 11.1 Å². The Morgan fingerprint density at radius 2 is 1.92 bits per heavy atom. The fourth-order valence-electron chi connectivity index (χ4n) is 2.32. The highest BCUT2D eigenvalue weighted by molar-refractivity contribution is 8.18. The van der Waals surface area contributed by atoms with Crippen molar-refractivity contribution in [2.45, 2.75) is 6.54 Å². The number of hydrogen-bond donors (Lipinski definition) is 0. The molecule has 2 aromatic carbocycles. The zero-order valence-corrected chi connectivity index (χ0v) is 14.3. The van der Waals surface area contributed by atoms with Crippen LogP contribution in [0.2, 0.25) is 5.02 Å². The van der Waals surface area contributed by atoms with Crippen LogP contribution in [0.5, 0.6) is 0 Å². The van der Waals surface area contributed by atoms with Gasteiger partial charge in [-0.05, 0) is 35.0 Å². The molecule has 0 atom stereocenters. The second kappa shape index (κ2) is 7.08. The molecule has 3 rings (SSSR count). The van der Waals surface area contributed by atoms with Gasteiger partial charge in [-0.25, -0.2) is 0 Å². The number of imide groups is 1. The molecule has 1 aliphatic heterocycles. The molecule has 1 fully saturated rings. The van der Waals surface area contributed by atoms with Gasteiger partial charge in [0, 0.05) is 17.2 Å². The smallest absolute Gasteiger partial charge is 0.268 e. The Morgan fingerprint density at radius 1 is 1.16 bits per heavy atom. The number of nitro groups is 1. The minimum Gasteiger partial charge on any atom is -0.268 e. The van der Waals surface area contributed by atoms with Crippen molar-refractivity contribution in [2.24, 2.45) is 0 Å². The number of nitro benzene ring substituents is 1. The van der Waals surface area contributed by atoms with Crippen molar-refractivity contribution in [3.05, 3.63) is 79.7 Å². The van der Waals surface area contributed by atoms with Crippen LogP contribution in [-0.4, -0.2) is 21.0 Å². The monoisotopic (exact) mass is 374 g/mol. The average Bonchev–Trinajstić information content (AvgIpc) is 2.85. The van der Waals surface area contributed by atoms with Gasteiger partial charge in [-0.2, -0.15) is 0 Å². The molecule has 25 heavy (non-hydrogen) atoms. The Balaban J connectivity index is 1.84. The van der Waals surface area contributed by atoms with E-state index in [1.807, 2.05) is 0 Å². The first-order valence-corrected chi connectivity index (χ1v) is 8.38. The van der Waals surface area contributed by atoms with Gasteiger partial charge >= 0.3 is 0 Å². The van der Waals surface area contributed by atoms with Crippen molar-refractivity contribution < 1.29 is 14.5 Å². The van der Waals surface area contributed by atoms with E-state index >= 15 is 0 Å². The summed E-state index contributed by atoms with van der Waals surface area (Å²) in [7, 11) is 0. The quantitative estimate of drug-likeness (QED) is 0.447. The topological polar surface area (TPSA) is 80.5 Å². The largest absolute Gasteiger partial charge is 0.293 e. The summed E-state index contributed by atoms with van der Waals surface area (Å²) in [6.07, 6.45) is 1.57. The number of nitrogens with zero attached hydrogens (tertiary/aromatic N) is 2. The van der Waals surface area contributed by atoms with E-state index < -0.39 is 16.1 Å². The molecule has 126 valence electrons. The van der Waals surface area contributed by atoms with Gasteiger partial charge in [-0.15, -0.1) is 0 Å². The van der Waals surface area contributed by atoms with Crippen molar-refractivity contribution in [1.82, 2.24) is 4.90 Å². The van der Waals surface area contributed by atoms with Gasteiger partial charge in [0.15, 0.2) is 0 Å². The number of amides is 2. The number of hydrogen-bond acceptors (Lipinski definition) is 5. The Kier molecular flexibility index (Phi) is 4.87. The fourth-order valence-corrected chi connectivity index (χ4v) is 3.34. The average molecular weight is 375 g/mol. The standard InChI is InChI=1S/C17H11ClN2O4S/c18-14-7-2-1-5-12(14)9-15-16(21)19(17(22)25-15)10-11-4-3-6-13(8-11)20(23)24/h1-9H,10H2/b15-9+. The minimum absolute atomic E-state index is 0.0216. The molecular weight excluding hydrogens is 364 g/mol. The zero-order valence-electron chi connectivity index (χ0n) is 12.7. The fraction of sp³-hybridized carbons (Fsp3) is 0.0588. The molecule has 0 bridgehead atoms. The molecule has 0 aromatic heterocycles. The molecule has 1 heterocycles. The molecule has 2 amide bonds. The molecule has 8 heteroatoms. The molecule has 0 unspecified atom stereocenters. The van der Waals surface area contributed by atoms with E-state index in [1.54, 1.807) is 36.4 Å².